The van der Waals surface area contributed by atoms with Crippen LogP contribution in [0.1, 0.15) is 133 Å². The van der Waals surface area contributed by atoms with Crippen LogP contribution >= 0.6 is 0 Å². The van der Waals surface area contributed by atoms with E-state index < -0.39 is 5.41 Å². The molecule has 2 heterocycles. The molecule has 0 bridgehead atoms. The fourth-order valence-corrected chi connectivity index (χ4v) is 17.3. The number of rotatable bonds is 10. The van der Waals surface area contributed by atoms with E-state index in [0.717, 1.165) is 78.6 Å². The largest absolute Gasteiger partial charge is 0.310 e. The highest BCUT2D eigenvalue weighted by Gasteiger charge is 2.51. The zero-order chi connectivity index (χ0) is 72.5. The van der Waals surface area contributed by atoms with Gasteiger partial charge in [0.15, 0.2) is 0 Å². The number of hydrogen-bond acceptors (Lipinski definition) is 2. The van der Waals surface area contributed by atoms with Gasteiger partial charge in [-0.25, -0.2) is 0 Å². The Kier molecular flexibility index (Phi) is 16.1. The van der Waals surface area contributed by atoms with Gasteiger partial charge < -0.3 is 9.80 Å². The molecule has 14 aromatic carbocycles. The van der Waals surface area contributed by atoms with Crippen LogP contribution in [-0.4, -0.2) is 6.71 Å². The van der Waals surface area contributed by atoms with Gasteiger partial charge >= 0.3 is 0 Å². The van der Waals surface area contributed by atoms with Crippen LogP contribution in [0.2, 0.25) is 0 Å². The van der Waals surface area contributed by atoms with Crippen molar-refractivity contribution >= 4 is 57.2 Å². The van der Waals surface area contributed by atoms with Crippen molar-refractivity contribution in [1.82, 2.24) is 0 Å². The van der Waals surface area contributed by atoms with Gasteiger partial charge in [0.05, 0.1) is 16.8 Å². The molecule has 0 saturated heterocycles. The quantitative estimate of drug-likeness (QED) is 0.126. The molecule has 2 nitrogen and oxygen atoms in total. The van der Waals surface area contributed by atoms with E-state index in [0.29, 0.717) is 0 Å². The van der Waals surface area contributed by atoms with Crippen LogP contribution in [0.3, 0.4) is 0 Å². The lowest BCUT2D eigenvalue weighted by atomic mass is 9.33. The van der Waals surface area contributed by atoms with Gasteiger partial charge in [0.1, 0.15) is 0 Å². The lowest BCUT2D eigenvalue weighted by Gasteiger charge is -2.47. The van der Waals surface area contributed by atoms with E-state index >= 15 is 0 Å². The minimum Gasteiger partial charge on any atom is -0.310 e. The van der Waals surface area contributed by atoms with Crippen LogP contribution in [0.4, 0.5) is 34.1 Å². The Bertz CT molecular complexity index is 5210. The van der Waals surface area contributed by atoms with Crippen molar-refractivity contribution < 1.29 is 0 Å². The van der Waals surface area contributed by atoms with Crippen LogP contribution in [0.5, 0.6) is 0 Å². The molecule has 3 aliphatic rings. The molecule has 2 aliphatic heterocycles. The van der Waals surface area contributed by atoms with E-state index in [1.54, 1.807) is 0 Å². The molecule has 1 aliphatic carbocycles. The summed E-state index contributed by atoms with van der Waals surface area (Å²) in [5, 5.41) is 0. The second-order valence-corrected chi connectivity index (χ2v) is 33.7. The molecule has 3 heteroatoms. The number of anilines is 6. The van der Waals surface area contributed by atoms with Gasteiger partial charge in [-0.15, -0.1) is 0 Å². The lowest BCUT2D eigenvalue weighted by Crippen LogP contribution is -2.61. The van der Waals surface area contributed by atoms with E-state index in [4.69, 9.17) is 0 Å². The van der Waals surface area contributed by atoms with Crippen LogP contribution in [0, 0.1) is 6.92 Å². The van der Waals surface area contributed by atoms with Crippen LogP contribution in [0.25, 0.3) is 77.9 Å². The normalized spacial score (nSPS) is 13.6. The fraction of sp³-hybridized carbons (Fsp3) is 0.176. The summed E-state index contributed by atoms with van der Waals surface area (Å²) < 4.78 is 0. The van der Waals surface area contributed by atoms with Gasteiger partial charge in [-0.3, -0.25) is 0 Å². The summed E-state index contributed by atoms with van der Waals surface area (Å²) in [6, 6.07) is 122. The summed E-state index contributed by atoms with van der Waals surface area (Å²) in [6.45, 7) is 30.4. The van der Waals surface area contributed by atoms with Crippen molar-refractivity contribution in [3.8, 4) is 77.9 Å². The standard InChI is InChI=1S/C102H91BN2/c1-66-34-26-29-49-86(66)102(87-50-30-27-43-84(87)85-44-28-31-51-88(85)102)79-64-93-95-94(65-79)105(97-82(69-39-22-16-23-40-69)47-33-48-83(97)70-41-24-17-25-42-70)92-55-53-72(74-58-77(100(8,9)10)63-78(59-74)101(11,12)13)61-90(92)103(95)89-60-71(73-56-75(98(2,3)4)62-76(57-73)99(5,6)7)52-54-91(89)104(93)96-80(67-35-18-14-19-36-67)45-32-46-81(96)68-37-20-15-21-38-68/h14-65H,1-13H3. The molecule has 0 radical (unpaired) electrons. The van der Waals surface area contributed by atoms with Crippen LogP contribution in [-0.2, 0) is 27.1 Å². The van der Waals surface area contributed by atoms with E-state index in [2.05, 4.69) is 415 Å². The van der Waals surface area contributed by atoms with Crippen molar-refractivity contribution in [2.45, 2.75) is 117 Å². The second kappa shape index (κ2) is 25.3. The topological polar surface area (TPSA) is 6.48 Å². The zero-order valence-electron chi connectivity index (χ0n) is 63.0. The molecule has 0 fully saturated rings. The number of para-hydroxylation sites is 2. The molecule has 0 saturated carbocycles. The van der Waals surface area contributed by atoms with Gasteiger partial charge in [0.2, 0.25) is 0 Å². The van der Waals surface area contributed by atoms with Crippen LogP contribution in [0.15, 0.2) is 315 Å². The molecule has 0 unspecified atom stereocenters. The molecule has 14 aromatic rings. The summed E-state index contributed by atoms with van der Waals surface area (Å²) in [5.41, 5.74) is 37.3. The van der Waals surface area contributed by atoms with Crippen LogP contribution < -0.4 is 26.2 Å². The van der Waals surface area contributed by atoms with Crippen molar-refractivity contribution in [3.05, 3.63) is 366 Å². The minimum atomic E-state index is -0.806. The molecule has 105 heavy (non-hydrogen) atoms. The molecule has 0 aromatic heterocycles. The van der Waals surface area contributed by atoms with E-state index in [-0.39, 0.29) is 28.4 Å². The van der Waals surface area contributed by atoms with Gasteiger partial charge in [-0.1, -0.05) is 374 Å². The molecule has 0 atom stereocenters. The summed E-state index contributed by atoms with van der Waals surface area (Å²) in [4.78, 5) is 5.48. The van der Waals surface area contributed by atoms with Gasteiger partial charge in [-0.2, -0.15) is 0 Å². The maximum absolute atomic E-state index is 2.74. The van der Waals surface area contributed by atoms with Crippen molar-refractivity contribution in [1.29, 1.82) is 0 Å². The number of nitrogens with zero attached hydrogens (tertiary/aromatic N) is 2. The average Bonchev–Trinajstić information content (AvgIpc) is 1.58. The summed E-state index contributed by atoms with van der Waals surface area (Å²) in [7, 11) is 0. The predicted octanol–water partition coefficient (Wildman–Crippen LogP) is 25.6. The third kappa shape index (κ3) is 11.3. The average molecular weight is 1360 g/mol. The molecule has 0 amide bonds. The highest BCUT2D eigenvalue weighted by molar-refractivity contribution is 7.00. The van der Waals surface area contributed by atoms with E-state index in [1.165, 1.54) is 99.8 Å². The lowest BCUT2D eigenvalue weighted by molar-refractivity contribution is 0.568. The van der Waals surface area contributed by atoms with Crippen molar-refractivity contribution in [3.63, 3.8) is 0 Å². The smallest absolute Gasteiger partial charge is 0.252 e. The highest BCUT2D eigenvalue weighted by Crippen LogP contribution is 2.60. The van der Waals surface area contributed by atoms with Gasteiger partial charge in [-0.05, 0) is 175 Å². The maximum Gasteiger partial charge on any atom is 0.252 e. The third-order valence-electron chi connectivity index (χ3n) is 22.9. The molecular weight excluding hydrogens is 1260 g/mol. The first-order chi connectivity index (χ1) is 50.5. The Balaban J connectivity index is 1.11. The first kappa shape index (κ1) is 67.0. The Labute approximate surface area is 623 Å². The number of benzene rings is 14. The molecule has 512 valence electrons. The summed E-state index contributed by atoms with van der Waals surface area (Å²) >= 11 is 0. The Hall–Kier alpha value is -11.3. The first-order valence-corrected chi connectivity index (χ1v) is 37.7. The summed E-state index contributed by atoms with van der Waals surface area (Å²) in [6.07, 6.45) is 0. The minimum absolute atomic E-state index is 0.106. The molecule has 0 spiro atoms. The second-order valence-electron chi connectivity index (χ2n) is 33.7. The summed E-state index contributed by atoms with van der Waals surface area (Å²) in [5.74, 6) is 0. The molecule has 17 rings (SSSR count). The Morgan fingerprint density at radius 2 is 0.552 bits per heavy atom. The van der Waals surface area contributed by atoms with Gasteiger partial charge in [0.25, 0.3) is 6.71 Å². The SMILES string of the molecule is Cc1ccccc1C1(c2cc3c4c(c2)N(c2c(-c5ccccc5)cccc2-c2ccccc2)c2ccc(-c5cc(C(C)(C)C)cc(C(C)(C)C)c5)cc2B4c2cc(-c4cc(C(C)(C)C)cc(C(C)(C)C)c4)ccc2N3c2c(-c3ccccc3)cccc2-c2ccccc2)c2ccccc2-c2ccccc21. The molecular formula is C102H91BN2. The van der Waals surface area contributed by atoms with Gasteiger partial charge in [0, 0.05) is 45.0 Å². The predicted molar refractivity (Wildman–Crippen MR) is 450 cm³/mol. The van der Waals surface area contributed by atoms with Crippen molar-refractivity contribution in [2.24, 2.45) is 0 Å². The molecule has 0 N–H and O–H groups in total. The number of hydrogen-bond donors (Lipinski definition) is 0. The Morgan fingerprint density at radius 1 is 0.248 bits per heavy atom. The fourth-order valence-electron chi connectivity index (χ4n) is 17.3. The first-order valence-electron chi connectivity index (χ1n) is 37.7. The maximum atomic E-state index is 2.74. The third-order valence-corrected chi connectivity index (χ3v) is 22.9. The highest BCUT2D eigenvalue weighted by atomic mass is 15.2. The van der Waals surface area contributed by atoms with E-state index in [9.17, 15) is 0 Å². The number of aryl methyl sites for hydroxylation is 1. The number of fused-ring (bicyclic) bond motifs is 7. The van der Waals surface area contributed by atoms with Crippen molar-refractivity contribution in [2.75, 3.05) is 9.80 Å². The Morgan fingerprint density at radius 3 is 0.886 bits per heavy atom. The monoisotopic (exact) mass is 1350 g/mol. The zero-order valence-corrected chi connectivity index (χ0v) is 63.0. The van der Waals surface area contributed by atoms with E-state index in [1.807, 2.05) is 0 Å².